The van der Waals surface area contributed by atoms with Gasteiger partial charge in [0.15, 0.2) is 0 Å². The van der Waals surface area contributed by atoms with E-state index in [-0.39, 0.29) is 17.9 Å². The van der Waals surface area contributed by atoms with Gasteiger partial charge in [-0.1, -0.05) is 18.2 Å². The number of likely N-dealkylation sites (tertiary alicyclic amines) is 1. The van der Waals surface area contributed by atoms with E-state index in [1.807, 2.05) is 47.6 Å². The summed E-state index contributed by atoms with van der Waals surface area (Å²) >= 11 is 0. The van der Waals surface area contributed by atoms with Crippen LogP contribution in [0, 0.1) is 5.92 Å². The summed E-state index contributed by atoms with van der Waals surface area (Å²) in [5, 5.41) is 3.92. The summed E-state index contributed by atoms with van der Waals surface area (Å²) in [6, 6.07) is 3.94. The number of rotatable bonds is 6. The van der Waals surface area contributed by atoms with E-state index in [1.54, 1.807) is 21.1 Å². The molecule has 4 rings (SSSR count). The van der Waals surface area contributed by atoms with Crippen molar-refractivity contribution in [2.45, 2.75) is 66.0 Å². The van der Waals surface area contributed by atoms with Gasteiger partial charge in [-0.05, 0) is 70.1 Å². The monoisotopic (exact) mass is 524 g/mol. The van der Waals surface area contributed by atoms with E-state index in [4.69, 9.17) is 14.3 Å². The average Bonchev–Trinajstić information content (AvgIpc) is 3.08. The van der Waals surface area contributed by atoms with E-state index in [0.29, 0.717) is 50.5 Å². The number of nitrogens with zero attached hydrogens (tertiary/aromatic N) is 4. The molecule has 0 saturated carbocycles. The number of methoxy groups -OCH3 is 2. The van der Waals surface area contributed by atoms with Crippen LogP contribution in [0.2, 0.25) is 0 Å². The van der Waals surface area contributed by atoms with Crippen molar-refractivity contribution in [3.8, 4) is 11.5 Å². The van der Waals surface area contributed by atoms with Crippen LogP contribution in [0.25, 0.3) is 0 Å². The summed E-state index contributed by atoms with van der Waals surface area (Å²) in [6.45, 7) is 11.8. The van der Waals surface area contributed by atoms with Gasteiger partial charge in [0.2, 0.25) is 5.91 Å². The van der Waals surface area contributed by atoms with Crippen molar-refractivity contribution >= 4 is 17.6 Å². The SMILES string of the molecule is CCN1C(=O)N2Cc3cc(OC)cc(OC)c3C[C@@H](C)/C=C\2C12CCN(C(=O)/C=C(\C)ON=C(C)C)CC2. The number of urea groups is 1. The van der Waals surface area contributed by atoms with Crippen LogP contribution in [0.4, 0.5) is 4.79 Å². The maximum absolute atomic E-state index is 13.9. The summed E-state index contributed by atoms with van der Waals surface area (Å²) in [5.74, 6) is 2.05. The summed E-state index contributed by atoms with van der Waals surface area (Å²) in [7, 11) is 3.31. The van der Waals surface area contributed by atoms with Gasteiger partial charge in [-0.25, -0.2) is 4.79 Å². The van der Waals surface area contributed by atoms with E-state index in [2.05, 4.69) is 18.2 Å². The van der Waals surface area contributed by atoms with Crippen LogP contribution in [0.3, 0.4) is 0 Å². The molecule has 9 nitrogen and oxygen atoms in total. The molecule has 3 amide bonds. The Morgan fingerprint density at radius 1 is 1.16 bits per heavy atom. The molecule has 0 bridgehead atoms. The highest BCUT2D eigenvalue weighted by molar-refractivity contribution is 5.88. The summed E-state index contributed by atoms with van der Waals surface area (Å²) < 4.78 is 11.2. The number of fused-ring (bicyclic) bond motifs is 3. The third kappa shape index (κ3) is 5.11. The molecule has 0 radical (unpaired) electrons. The molecule has 206 valence electrons. The van der Waals surface area contributed by atoms with Crippen LogP contribution in [-0.2, 0) is 22.6 Å². The number of ether oxygens (including phenoxy) is 2. The molecule has 2 saturated heterocycles. The topological polar surface area (TPSA) is 83.9 Å². The Morgan fingerprint density at radius 2 is 1.87 bits per heavy atom. The Kier molecular flexibility index (Phi) is 8.04. The summed E-state index contributed by atoms with van der Waals surface area (Å²) in [5.41, 5.74) is 3.55. The van der Waals surface area contributed by atoms with E-state index >= 15 is 0 Å². The lowest BCUT2D eigenvalue weighted by Crippen LogP contribution is -2.54. The van der Waals surface area contributed by atoms with Gasteiger partial charge in [0.25, 0.3) is 0 Å². The molecule has 0 aromatic heterocycles. The fourth-order valence-corrected chi connectivity index (χ4v) is 5.90. The van der Waals surface area contributed by atoms with Crippen molar-refractivity contribution in [1.82, 2.24) is 14.7 Å². The number of hydrogen-bond acceptors (Lipinski definition) is 6. The molecule has 3 aliphatic heterocycles. The van der Waals surface area contributed by atoms with Gasteiger partial charge in [-0.3, -0.25) is 9.69 Å². The van der Waals surface area contributed by atoms with E-state index < -0.39 is 5.54 Å². The van der Waals surface area contributed by atoms with Crippen molar-refractivity contribution in [1.29, 1.82) is 0 Å². The number of hydrogen-bond donors (Lipinski definition) is 0. The summed E-state index contributed by atoms with van der Waals surface area (Å²) in [6.07, 6.45) is 5.93. The molecule has 1 spiro atoms. The van der Waals surface area contributed by atoms with Crippen molar-refractivity contribution in [2.24, 2.45) is 11.1 Å². The van der Waals surface area contributed by atoms with Gasteiger partial charge < -0.3 is 24.1 Å². The zero-order valence-electron chi connectivity index (χ0n) is 23.7. The molecule has 1 atom stereocenters. The van der Waals surface area contributed by atoms with Crippen molar-refractivity contribution in [3.63, 3.8) is 0 Å². The molecule has 3 aliphatic rings. The predicted octanol–water partition coefficient (Wildman–Crippen LogP) is 4.71. The number of piperidine rings is 1. The minimum atomic E-state index is -0.434. The van der Waals surface area contributed by atoms with Crippen molar-refractivity contribution in [2.75, 3.05) is 33.9 Å². The van der Waals surface area contributed by atoms with E-state index in [1.165, 1.54) is 6.08 Å². The van der Waals surface area contributed by atoms with Crippen LogP contribution in [-0.4, -0.2) is 71.7 Å². The van der Waals surface area contributed by atoms with Gasteiger partial charge in [0, 0.05) is 37.5 Å². The number of likely N-dealkylation sites (N-methyl/N-ethyl adjacent to an activating group) is 1. The van der Waals surface area contributed by atoms with Gasteiger partial charge >= 0.3 is 6.03 Å². The van der Waals surface area contributed by atoms with Crippen LogP contribution < -0.4 is 9.47 Å². The molecule has 1 aromatic rings. The first-order chi connectivity index (χ1) is 18.1. The Labute approximate surface area is 225 Å². The van der Waals surface area contributed by atoms with Crippen molar-refractivity contribution in [3.05, 3.63) is 46.9 Å². The molecule has 9 heteroatoms. The van der Waals surface area contributed by atoms with Crippen molar-refractivity contribution < 1.29 is 23.9 Å². The lowest BCUT2D eigenvalue weighted by Gasteiger charge is -2.44. The number of carbonyl (C=O) groups excluding carboxylic acids is 2. The number of allylic oxidation sites excluding steroid dienone is 2. The molecular formula is C29H40N4O5. The smallest absolute Gasteiger partial charge is 0.325 e. The third-order valence-corrected chi connectivity index (χ3v) is 7.69. The largest absolute Gasteiger partial charge is 0.497 e. The van der Waals surface area contributed by atoms with Crippen LogP contribution in [0.15, 0.2) is 40.9 Å². The second-order valence-electron chi connectivity index (χ2n) is 10.6. The maximum atomic E-state index is 13.9. The molecule has 0 N–H and O–H groups in total. The van der Waals surface area contributed by atoms with Crippen LogP contribution in [0.1, 0.15) is 58.6 Å². The number of carbonyl (C=O) groups is 2. The standard InChI is InChI=1S/C29H40N4O5/c1-8-33-28(35)32-18-22-16-23(36-6)17-25(37-7)24(22)13-20(4)14-26(32)29(33)9-11-31(12-10-29)27(34)15-21(5)38-30-19(2)3/h14-17,20H,8-13,18H2,1-7H3/b21-15+,26-14-/t20-/m1/s1. The molecule has 38 heavy (non-hydrogen) atoms. The molecule has 0 unspecified atom stereocenters. The second-order valence-corrected chi connectivity index (χ2v) is 10.6. The highest BCUT2D eigenvalue weighted by atomic mass is 16.6. The molecule has 3 heterocycles. The number of oxime groups is 1. The van der Waals surface area contributed by atoms with Gasteiger partial charge in [0.05, 0.1) is 32.0 Å². The number of amides is 3. The average molecular weight is 525 g/mol. The van der Waals surface area contributed by atoms with E-state index in [0.717, 1.165) is 34.7 Å². The van der Waals surface area contributed by atoms with E-state index in [9.17, 15) is 9.59 Å². The lowest BCUT2D eigenvalue weighted by atomic mass is 9.81. The lowest BCUT2D eigenvalue weighted by molar-refractivity contribution is -0.128. The Hall–Kier alpha value is -3.49. The zero-order chi connectivity index (χ0) is 27.6. The molecule has 1 aromatic carbocycles. The zero-order valence-corrected chi connectivity index (χ0v) is 23.7. The summed E-state index contributed by atoms with van der Waals surface area (Å²) in [4.78, 5) is 37.9. The Morgan fingerprint density at radius 3 is 2.47 bits per heavy atom. The Balaban J connectivity index is 1.62. The normalized spacial score (nSPS) is 22.1. The van der Waals surface area contributed by atoms with Crippen LogP contribution >= 0.6 is 0 Å². The highest BCUT2D eigenvalue weighted by Gasteiger charge is 2.54. The minimum absolute atomic E-state index is 0.0114. The first-order valence-corrected chi connectivity index (χ1v) is 13.3. The first kappa shape index (κ1) is 27.5. The minimum Gasteiger partial charge on any atom is -0.497 e. The van der Waals surface area contributed by atoms with Crippen LogP contribution in [0.5, 0.6) is 11.5 Å². The number of benzene rings is 1. The third-order valence-electron chi connectivity index (χ3n) is 7.69. The van der Waals surface area contributed by atoms with Gasteiger partial charge in [-0.15, -0.1) is 0 Å². The predicted molar refractivity (Wildman–Crippen MR) is 146 cm³/mol. The van der Waals surface area contributed by atoms with Gasteiger partial charge in [-0.2, -0.15) is 0 Å². The molecule has 0 aliphatic carbocycles. The van der Waals surface area contributed by atoms with Gasteiger partial charge in [0.1, 0.15) is 17.3 Å². The Bertz CT molecular complexity index is 1180. The first-order valence-electron chi connectivity index (χ1n) is 13.3. The fraction of sp³-hybridized carbons (Fsp3) is 0.552. The highest BCUT2D eigenvalue weighted by Crippen LogP contribution is 2.47. The maximum Gasteiger partial charge on any atom is 0.325 e. The second kappa shape index (κ2) is 11.1. The fourth-order valence-electron chi connectivity index (χ4n) is 5.90. The molecule has 2 fully saturated rings. The quantitative estimate of drug-likeness (QED) is 0.233. The molecular weight excluding hydrogens is 484 g/mol.